The maximum atomic E-state index is 12.7. The number of halogens is 3. The molecule has 2 aromatic carbocycles. The summed E-state index contributed by atoms with van der Waals surface area (Å²) in [4.78, 5) is 11.7. The first kappa shape index (κ1) is 16.1. The molecule has 0 aliphatic heterocycles. The van der Waals surface area contributed by atoms with Gasteiger partial charge in [-0.2, -0.15) is 18.4 Å². The fourth-order valence-corrected chi connectivity index (χ4v) is 3.29. The smallest absolute Gasteiger partial charge is 0.416 e. The van der Waals surface area contributed by atoms with Crippen molar-refractivity contribution in [3.05, 3.63) is 71.3 Å². The first-order chi connectivity index (χ1) is 11.3. The molecule has 3 unspecified atom stereocenters. The van der Waals surface area contributed by atoms with Crippen molar-refractivity contribution in [1.82, 2.24) is 0 Å². The number of hydrogen-bond donors (Lipinski definition) is 1. The maximum absolute atomic E-state index is 12.7. The number of aliphatic carboxylic acids is 1. The second-order valence-electron chi connectivity index (χ2n) is 5.77. The summed E-state index contributed by atoms with van der Waals surface area (Å²) in [5.41, 5.74) is -1.35. The van der Waals surface area contributed by atoms with Gasteiger partial charge in [-0.15, -0.1) is 0 Å². The van der Waals surface area contributed by atoms with Crippen LogP contribution < -0.4 is 0 Å². The molecular formula is C18H12F3NO2. The Hall–Kier alpha value is -2.81. The van der Waals surface area contributed by atoms with Crippen LogP contribution in [-0.2, 0) is 11.0 Å². The Morgan fingerprint density at radius 1 is 1.00 bits per heavy atom. The van der Waals surface area contributed by atoms with Crippen molar-refractivity contribution in [2.24, 2.45) is 5.41 Å². The molecule has 1 N–H and O–H groups in total. The standard InChI is InChI=1S/C18H12F3NO2/c19-18(20,21)13-8-6-12(7-9-13)15-14(11-4-2-1-3-5-11)17(15,10-22)16(23)24/h1-9,14-15H,(H,23,24). The lowest BCUT2D eigenvalue weighted by atomic mass is 9.99. The molecule has 2 aromatic rings. The van der Waals surface area contributed by atoms with Crippen LogP contribution in [0.25, 0.3) is 0 Å². The Kier molecular flexibility index (Phi) is 3.60. The van der Waals surface area contributed by atoms with E-state index in [1.807, 2.05) is 6.07 Å². The fourth-order valence-electron chi connectivity index (χ4n) is 3.29. The summed E-state index contributed by atoms with van der Waals surface area (Å²) in [6, 6.07) is 14.9. The van der Waals surface area contributed by atoms with Crippen LogP contribution in [0.2, 0.25) is 0 Å². The fraction of sp³-hybridized carbons (Fsp3) is 0.222. The Labute approximate surface area is 136 Å². The predicted molar refractivity (Wildman–Crippen MR) is 79.0 cm³/mol. The lowest BCUT2D eigenvalue weighted by Crippen LogP contribution is -2.16. The van der Waals surface area contributed by atoms with Gasteiger partial charge in [0.1, 0.15) is 0 Å². The number of carboxylic acids is 1. The third-order valence-corrected chi connectivity index (χ3v) is 4.50. The number of hydrogen-bond acceptors (Lipinski definition) is 2. The maximum Gasteiger partial charge on any atom is 0.416 e. The van der Waals surface area contributed by atoms with Gasteiger partial charge in [0.15, 0.2) is 5.41 Å². The summed E-state index contributed by atoms with van der Waals surface area (Å²) < 4.78 is 38.0. The molecule has 0 amide bonds. The first-order valence-corrected chi connectivity index (χ1v) is 7.19. The van der Waals surface area contributed by atoms with Crippen molar-refractivity contribution in [3.63, 3.8) is 0 Å². The van der Waals surface area contributed by atoms with E-state index in [0.29, 0.717) is 11.1 Å². The molecule has 3 nitrogen and oxygen atoms in total. The van der Waals surface area contributed by atoms with E-state index in [4.69, 9.17) is 0 Å². The van der Waals surface area contributed by atoms with E-state index in [1.54, 1.807) is 30.3 Å². The highest BCUT2D eigenvalue weighted by Gasteiger charge is 2.72. The number of nitriles is 1. The molecule has 0 heterocycles. The van der Waals surface area contributed by atoms with Crippen molar-refractivity contribution >= 4 is 5.97 Å². The van der Waals surface area contributed by atoms with Gasteiger partial charge in [0.05, 0.1) is 11.6 Å². The Bertz CT molecular complexity index is 809. The van der Waals surface area contributed by atoms with Gasteiger partial charge in [0.2, 0.25) is 0 Å². The van der Waals surface area contributed by atoms with Crippen molar-refractivity contribution in [3.8, 4) is 6.07 Å². The van der Waals surface area contributed by atoms with E-state index >= 15 is 0 Å². The normalized spacial score (nSPS) is 25.8. The third kappa shape index (κ3) is 2.33. The van der Waals surface area contributed by atoms with Gasteiger partial charge in [-0.05, 0) is 23.3 Å². The molecule has 1 aliphatic rings. The van der Waals surface area contributed by atoms with E-state index in [9.17, 15) is 28.3 Å². The summed E-state index contributed by atoms with van der Waals surface area (Å²) in [5.74, 6) is -2.52. The van der Waals surface area contributed by atoms with E-state index in [-0.39, 0.29) is 0 Å². The van der Waals surface area contributed by atoms with Crippen molar-refractivity contribution in [2.45, 2.75) is 18.0 Å². The second kappa shape index (κ2) is 5.38. The van der Waals surface area contributed by atoms with Crippen LogP contribution in [0.3, 0.4) is 0 Å². The van der Waals surface area contributed by atoms with Crippen LogP contribution >= 0.6 is 0 Å². The molecule has 6 heteroatoms. The monoisotopic (exact) mass is 331 g/mol. The molecule has 1 aliphatic carbocycles. The quantitative estimate of drug-likeness (QED) is 0.918. The van der Waals surface area contributed by atoms with Crippen LogP contribution in [-0.4, -0.2) is 11.1 Å². The van der Waals surface area contributed by atoms with Gasteiger partial charge < -0.3 is 5.11 Å². The molecule has 24 heavy (non-hydrogen) atoms. The van der Waals surface area contributed by atoms with Crippen molar-refractivity contribution < 1.29 is 23.1 Å². The van der Waals surface area contributed by atoms with Gasteiger partial charge >= 0.3 is 12.1 Å². The summed E-state index contributed by atoms with van der Waals surface area (Å²) in [6.07, 6.45) is -4.46. The van der Waals surface area contributed by atoms with Crippen molar-refractivity contribution in [1.29, 1.82) is 5.26 Å². The highest BCUT2D eigenvalue weighted by molar-refractivity contribution is 5.87. The number of carboxylic acid groups (broad SMARTS) is 1. The summed E-state index contributed by atoms with van der Waals surface area (Å²) in [5, 5.41) is 19.0. The van der Waals surface area contributed by atoms with Crippen LogP contribution in [0, 0.1) is 16.7 Å². The van der Waals surface area contributed by atoms with Crippen LogP contribution in [0.15, 0.2) is 54.6 Å². The number of carbonyl (C=O) groups is 1. The molecule has 0 bridgehead atoms. The number of rotatable bonds is 3. The van der Waals surface area contributed by atoms with Gasteiger partial charge in [0, 0.05) is 11.8 Å². The zero-order valence-corrected chi connectivity index (χ0v) is 12.3. The van der Waals surface area contributed by atoms with Crippen LogP contribution in [0.5, 0.6) is 0 Å². The molecule has 0 aromatic heterocycles. The van der Waals surface area contributed by atoms with E-state index in [2.05, 4.69) is 0 Å². The second-order valence-corrected chi connectivity index (χ2v) is 5.77. The van der Waals surface area contributed by atoms with E-state index in [1.165, 1.54) is 12.1 Å². The molecule has 1 saturated carbocycles. The molecule has 0 radical (unpaired) electrons. The minimum atomic E-state index is -4.46. The lowest BCUT2D eigenvalue weighted by Gasteiger charge is -2.08. The molecule has 1 fully saturated rings. The van der Waals surface area contributed by atoms with Crippen LogP contribution in [0.1, 0.15) is 28.5 Å². The van der Waals surface area contributed by atoms with Gasteiger partial charge in [-0.1, -0.05) is 42.5 Å². The highest BCUT2D eigenvalue weighted by atomic mass is 19.4. The molecule has 3 atom stereocenters. The minimum Gasteiger partial charge on any atom is -0.480 e. The van der Waals surface area contributed by atoms with Crippen LogP contribution in [0.4, 0.5) is 13.2 Å². The number of benzene rings is 2. The molecule has 0 saturated heterocycles. The van der Waals surface area contributed by atoms with E-state index in [0.717, 1.165) is 12.1 Å². The lowest BCUT2D eigenvalue weighted by molar-refractivity contribution is -0.141. The number of alkyl halides is 3. The molecule has 3 rings (SSSR count). The number of nitrogens with zero attached hydrogens (tertiary/aromatic N) is 1. The SMILES string of the molecule is N#CC1(C(=O)O)C(c2ccccc2)C1c1ccc(C(F)(F)F)cc1. The summed E-state index contributed by atoms with van der Waals surface area (Å²) in [6.45, 7) is 0. The molecular weight excluding hydrogens is 319 g/mol. The molecule has 0 spiro atoms. The zero-order valence-electron chi connectivity index (χ0n) is 12.3. The summed E-state index contributed by atoms with van der Waals surface area (Å²) >= 11 is 0. The molecule has 122 valence electrons. The predicted octanol–water partition coefficient (Wildman–Crippen LogP) is 4.18. The largest absolute Gasteiger partial charge is 0.480 e. The summed E-state index contributed by atoms with van der Waals surface area (Å²) in [7, 11) is 0. The average Bonchev–Trinajstić information content (AvgIpc) is 3.25. The van der Waals surface area contributed by atoms with Gasteiger partial charge in [-0.3, -0.25) is 4.79 Å². The Morgan fingerprint density at radius 2 is 1.50 bits per heavy atom. The Balaban J connectivity index is 2.02. The topological polar surface area (TPSA) is 61.1 Å². The van der Waals surface area contributed by atoms with Gasteiger partial charge in [-0.25, -0.2) is 0 Å². The van der Waals surface area contributed by atoms with Gasteiger partial charge in [0.25, 0.3) is 0 Å². The minimum absolute atomic E-state index is 0.417. The Morgan fingerprint density at radius 3 is 1.92 bits per heavy atom. The first-order valence-electron chi connectivity index (χ1n) is 7.19. The highest BCUT2D eigenvalue weighted by Crippen LogP contribution is 2.70. The average molecular weight is 331 g/mol. The van der Waals surface area contributed by atoms with E-state index < -0.39 is 35.0 Å². The third-order valence-electron chi connectivity index (χ3n) is 4.50. The van der Waals surface area contributed by atoms with Crippen molar-refractivity contribution in [2.75, 3.05) is 0 Å². The zero-order chi connectivity index (χ0) is 17.5.